The van der Waals surface area contributed by atoms with Crippen LogP contribution in [-0.2, 0) is 0 Å². The van der Waals surface area contributed by atoms with Crippen LogP contribution in [0.15, 0.2) is 276 Å². The van der Waals surface area contributed by atoms with Gasteiger partial charge in [-0.05, 0) is 93.6 Å². The maximum Gasteiger partial charge on any atom is 0.256 e. The number of furan rings is 2. The van der Waals surface area contributed by atoms with Crippen LogP contribution in [0.1, 0.15) is 18.1 Å². The second-order valence-electron chi connectivity index (χ2n) is 20.7. The van der Waals surface area contributed by atoms with Crippen molar-refractivity contribution in [2.24, 2.45) is 0 Å². The molecule has 0 atom stereocenters. The number of aromatic nitrogens is 1. The van der Waals surface area contributed by atoms with E-state index in [1.54, 1.807) is 0 Å². The van der Waals surface area contributed by atoms with E-state index in [-0.39, 0.29) is 6.71 Å². The highest BCUT2D eigenvalue weighted by molar-refractivity contribution is 6.99. The van der Waals surface area contributed by atoms with Gasteiger partial charge in [0.25, 0.3) is 6.71 Å². The zero-order chi connectivity index (χ0) is 52.3. The summed E-state index contributed by atoms with van der Waals surface area (Å²) >= 11 is 0. The number of nitrogens with zero attached hydrogens (tertiary/aromatic N) is 2. The van der Waals surface area contributed by atoms with E-state index in [2.05, 4.69) is 260 Å². The molecule has 5 heterocycles. The predicted molar refractivity (Wildman–Crippen MR) is 330 cm³/mol. The molecule has 0 fully saturated rings. The Kier molecular flexibility index (Phi) is 10.0. The lowest BCUT2D eigenvalue weighted by molar-refractivity contribution is 0.487. The summed E-state index contributed by atoms with van der Waals surface area (Å²) in [6, 6.07) is 86.9. The fourth-order valence-corrected chi connectivity index (χ4v) is 13.0. The molecule has 3 aromatic heterocycles. The van der Waals surface area contributed by atoms with Crippen LogP contribution in [0.3, 0.4) is 0 Å². The van der Waals surface area contributed by atoms with Crippen LogP contribution in [0.2, 0.25) is 0 Å². The first-order chi connectivity index (χ1) is 39.1. The zero-order valence-corrected chi connectivity index (χ0v) is 43.2. The minimum absolute atomic E-state index is 0.279. The van der Waals surface area contributed by atoms with Crippen molar-refractivity contribution in [2.75, 3.05) is 4.90 Å². The van der Waals surface area contributed by atoms with Gasteiger partial charge in [0.05, 0.1) is 22.4 Å². The molecule has 0 aliphatic carbocycles. The molecule has 0 bridgehead atoms. The first-order valence-electron chi connectivity index (χ1n) is 27.0. The summed E-state index contributed by atoms with van der Waals surface area (Å²) in [5, 5.41) is 6.75. The van der Waals surface area contributed by atoms with Crippen LogP contribution in [0, 0.1) is 0 Å². The van der Waals surface area contributed by atoms with Crippen LogP contribution in [0.4, 0.5) is 11.4 Å². The molecule has 2 aliphatic rings. The first-order valence-corrected chi connectivity index (χ1v) is 27.0. The van der Waals surface area contributed by atoms with Crippen molar-refractivity contribution in [3.8, 4) is 39.4 Å². The summed E-state index contributed by atoms with van der Waals surface area (Å²) in [6.07, 6.45) is 4.08. The quantitative estimate of drug-likeness (QED) is 0.112. The molecule has 14 aromatic rings. The Labute approximate surface area is 456 Å². The largest absolute Gasteiger partial charge is 0.458 e. The number of hydrogen-bond acceptors (Lipinski definition) is 4. The Morgan fingerprint density at radius 3 is 1.61 bits per heavy atom. The molecular formula is C73H47BN2O3. The van der Waals surface area contributed by atoms with E-state index in [9.17, 15) is 0 Å². The first kappa shape index (κ1) is 44.9. The normalized spacial score (nSPS) is 13.3. The third kappa shape index (κ3) is 6.84. The molecule has 0 N–H and O–H groups in total. The van der Waals surface area contributed by atoms with Gasteiger partial charge in [0, 0.05) is 66.5 Å². The molecule has 370 valence electrons. The van der Waals surface area contributed by atoms with Crippen LogP contribution >= 0.6 is 0 Å². The predicted octanol–water partition coefficient (Wildman–Crippen LogP) is 17.7. The number of allylic oxidation sites excluding steroid dienone is 4. The molecule has 0 saturated heterocycles. The van der Waals surface area contributed by atoms with Gasteiger partial charge in [0.15, 0.2) is 0 Å². The molecular weight excluding hydrogens is 964 g/mol. The topological polar surface area (TPSA) is 43.7 Å². The molecule has 79 heavy (non-hydrogen) atoms. The van der Waals surface area contributed by atoms with E-state index >= 15 is 0 Å². The average Bonchev–Trinajstić information content (AvgIpc) is 4.35. The van der Waals surface area contributed by atoms with Gasteiger partial charge < -0.3 is 23.0 Å². The molecule has 6 heteroatoms. The van der Waals surface area contributed by atoms with Gasteiger partial charge in [-0.2, -0.15) is 0 Å². The summed E-state index contributed by atoms with van der Waals surface area (Å²) < 4.78 is 23.4. The van der Waals surface area contributed by atoms with Crippen LogP contribution in [0.25, 0.3) is 105 Å². The molecule has 0 unspecified atom stereocenters. The lowest BCUT2D eigenvalue weighted by Crippen LogP contribution is -2.60. The smallest absolute Gasteiger partial charge is 0.256 e. The van der Waals surface area contributed by atoms with E-state index in [1.807, 2.05) is 18.2 Å². The summed E-state index contributed by atoms with van der Waals surface area (Å²) in [4.78, 5) is 2.52. The second-order valence-corrected chi connectivity index (χ2v) is 20.7. The van der Waals surface area contributed by atoms with Crippen molar-refractivity contribution >= 4 is 111 Å². The van der Waals surface area contributed by atoms with Gasteiger partial charge in [-0.1, -0.05) is 213 Å². The third-order valence-corrected chi connectivity index (χ3v) is 16.4. The number of anilines is 2. The SMILES string of the molecule is C=C/C=C(\C(=C(/C)c1ccccc1)N1c2ccc(-c3cccc4c3oc3ccccc34)cc2B2c3cc(-c4cccc5c4oc4ccccc45)ccc3Oc3cc(-n4c5ccccc5c5ccccc54)cc1c32)c1ccccc1. The van der Waals surface area contributed by atoms with Gasteiger partial charge in [-0.3, -0.25) is 0 Å². The maximum absolute atomic E-state index is 7.48. The standard InChI is InChI=1S/C73H47BN2O3/c1-3-20-51(47-23-8-5-9-24-47)71(45(2)46-21-6-4-7-22-46)76-64-39-37-48(52-29-18-31-58-56-27-12-16-35-66(56)78-72(52)58)41-60(64)74-61-42-49(53-30-19-32-59-57-28-13-17-36-67(57)79-73(53)59)38-40-68(61)77-69-44-50(43-65(76)70(69)74)75-62-33-14-10-25-54(62)55-26-11-15-34-63(55)75/h3-44H,1H2,2H3/b51-20-,71-45-. The number of benzene rings is 11. The Bertz CT molecular complexity index is 4870. The van der Waals surface area contributed by atoms with E-state index in [1.165, 1.54) is 10.8 Å². The molecule has 0 spiro atoms. The van der Waals surface area contributed by atoms with Crippen LogP contribution < -0.4 is 26.0 Å². The monoisotopic (exact) mass is 1010 g/mol. The Morgan fingerprint density at radius 1 is 0.456 bits per heavy atom. The number of rotatable bonds is 8. The number of hydrogen-bond donors (Lipinski definition) is 0. The van der Waals surface area contributed by atoms with Crippen molar-refractivity contribution in [3.05, 3.63) is 278 Å². The highest BCUT2D eigenvalue weighted by atomic mass is 16.5. The molecule has 0 radical (unpaired) electrons. The van der Waals surface area contributed by atoms with Gasteiger partial charge in [-0.15, -0.1) is 0 Å². The van der Waals surface area contributed by atoms with Crippen molar-refractivity contribution in [3.63, 3.8) is 0 Å². The average molecular weight is 1010 g/mol. The van der Waals surface area contributed by atoms with Crippen LogP contribution in [0.5, 0.6) is 11.5 Å². The molecule has 16 rings (SSSR count). The minimum atomic E-state index is -0.279. The Morgan fingerprint density at radius 2 is 0.987 bits per heavy atom. The Hall–Kier alpha value is -10.3. The number of para-hydroxylation sites is 6. The molecule has 5 nitrogen and oxygen atoms in total. The fourth-order valence-electron chi connectivity index (χ4n) is 13.0. The van der Waals surface area contributed by atoms with E-state index < -0.39 is 0 Å². The van der Waals surface area contributed by atoms with Crippen molar-refractivity contribution in [2.45, 2.75) is 6.92 Å². The van der Waals surface area contributed by atoms with E-state index in [0.717, 1.165) is 150 Å². The lowest BCUT2D eigenvalue weighted by atomic mass is 9.34. The van der Waals surface area contributed by atoms with Crippen molar-refractivity contribution in [1.29, 1.82) is 0 Å². The molecule has 0 amide bonds. The van der Waals surface area contributed by atoms with Crippen molar-refractivity contribution in [1.82, 2.24) is 4.57 Å². The summed E-state index contributed by atoms with van der Waals surface area (Å²) in [5.74, 6) is 1.60. The minimum Gasteiger partial charge on any atom is -0.458 e. The Balaban J connectivity index is 1.03. The van der Waals surface area contributed by atoms with E-state index in [4.69, 9.17) is 13.6 Å². The summed E-state index contributed by atoms with van der Waals surface area (Å²) in [7, 11) is 0. The summed E-state index contributed by atoms with van der Waals surface area (Å²) in [6.45, 7) is 6.33. The number of fused-ring (bicyclic) bond motifs is 13. The third-order valence-electron chi connectivity index (χ3n) is 16.4. The van der Waals surface area contributed by atoms with Gasteiger partial charge in [0.2, 0.25) is 0 Å². The van der Waals surface area contributed by atoms with Gasteiger partial charge in [0.1, 0.15) is 33.8 Å². The summed E-state index contributed by atoms with van der Waals surface area (Å²) in [5.41, 5.74) is 21.6. The van der Waals surface area contributed by atoms with Gasteiger partial charge >= 0.3 is 0 Å². The highest BCUT2D eigenvalue weighted by Gasteiger charge is 2.44. The lowest BCUT2D eigenvalue weighted by Gasteiger charge is -2.42. The van der Waals surface area contributed by atoms with Crippen molar-refractivity contribution < 1.29 is 13.6 Å². The van der Waals surface area contributed by atoms with Crippen LogP contribution in [-0.4, -0.2) is 11.3 Å². The highest BCUT2D eigenvalue weighted by Crippen LogP contribution is 2.48. The fraction of sp³-hybridized carbons (Fsp3) is 0.0137. The molecule has 2 aliphatic heterocycles. The molecule has 0 saturated carbocycles. The second kappa shape index (κ2) is 17.6. The van der Waals surface area contributed by atoms with Gasteiger partial charge in [-0.25, -0.2) is 0 Å². The maximum atomic E-state index is 7.48. The zero-order valence-electron chi connectivity index (χ0n) is 43.2. The molecule has 11 aromatic carbocycles. The van der Waals surface area contributed by atoms with E-state index in [0.29, 0.717) is 0 Å². The number of ether oxygens (including phenoxy) is 1.